The highest BCUT2D eigenvalue weighted by molar-refractivity contribution is 5.54. The lowest BCUT2D eigenvalue weighted by Crippen LogP contribution is -2.40. The first-order valence-corrected chi connectivity index (χ1v) is 8.38. The van der Waals surface area contributed by atoms with Crippen molar-refractivity contribution in [1.82, 2.24) is 15.0 Å². The topological polar surface area (TPSA) is 64.3 Å². The molecule has 128 valence electrons. The highest BCUT2D eigenvalue weighted by atomic mass is 16.5. The van der Waals surface area contributed by atoms with E-state index < -0.39 is 0 Å². The molecule has 25 heavy (non-hydrogen) atoms. The van der Waals surface area contributed by atoms with Gasteiger partial charge in [-0.3, -0.25) is 4.98 Å². The van der Waals surface area contributed by atoms with Crippen molar-refractivity contribution in [2.75, 3.05) is 24.7 Å². The molecule has 0 amide bonds. The van der Waals surface area contributed by atoms with Crippen LogP contribution in [0.15, 0.2) is 47.0 Å². The maximum Gasteiger partial charge on any atom is 0.180 e. The lowest BCUT2D eigenvalue weighted by Gasteiger charge is -2.35. The van der Waals surface area contributed by atoms with Gasteiger partial charge >= 0.3 is 0 Å². The summed E-state index contributed by atoms with van der Waals surface area (Å²) in [5.41, 5.74) is 1.68. The van der Waals surface area contributed by atoms with Crippen molar-refractivity contribution in [3.63, 3.8) is 0 Å². The molecule has 1 fully saturated rings. The molecule has 0 saturated carbocycles. The predicted octanol–water partition coefficient (Wildman–Crippen LogP) is 3.33. The monoisotopic (exact) mass is 336 g/mol. The maximum atomic E-state index is 5.84. The third-order valence-electron chi connectivity index (χ3n) is 4.25. The van der Waals surface area contributed by atoms with E-state index >= 15 is 0 Å². The smallest absolute Gasteiger partial charge is 0.180 e. The number of morpholine rings is 1. The Bertz CT molecular complexity index is 863. The second kappa shape index (κ2) is 6.64. The summed E-state index contributed by atoms with van der Waals surface area (Å²) in [5.74, 6) is 3.30. The van der Waals surface area contributed by atoms with Gasteiger partial charge in [0.15, 0.2) is 5.82 Å². The van der Waals surface area contributed by atoms with Gasteiger partial charge in [-0.15, -0.1) is 0 Å². The van der Waals surface area contributed by atoms with Gasteiger partial charge in [0.25, 0.3) is 0 Å². The summed E-state index contributed by atoms with van der Waals surface area (Å²) in [6, 6.07) is 11.7. The fraction of sp³-hybridized carbons (Fsp3) is 0.316. The zero-order valence-corrected chi connectivity index (χ0v) is 14.3. The number of pyridine rings is 1. The van der Waals surface area contributed by atoms with E-state index in [9.17, 15) is 0 Å². The van der Waals surface area contributed by atoms with Gasteiger partial charge in [0.1, 0.15) is 29.1 Å². The molecule has 1 aliphatic rings. The Labute approximate surface area is 146 Å². The van der Waals surface area contributed by atoms with Crippen molar-refractivity contribution in [2.24, 2.45) is 0 Å². The number of nitrogens with zero attached hydrogens (tertiary/aromatic N) is 4. The Kier molecular flexibility index (Phi) is 4.19. The summed E-state index contributed by atoms with van der Waals surface area (Å²) in [4.78, 5) is 15.9. The Balaban J connectivity index is 1.73. The predicted molar refractivity (Wildman–Crippen MR) is 94.4 cm³/mol. The van der Waals surface area contributed by atoms with Gasteiger partial charge in [-0.25, -0.2) is 9.97 Å². The molecule has 1 saturated heterocycles. The van der Waals surface area contributed by atoms with Crippen LogP contribution in [-0.4, -0.2) is 34.7 Å². The van der Waals surface area contributed by atoms with Crippen LogP contribution in [0, 0.1) is 13.8 Å². The summed E-state index contributed by atoms with van der Waals surface area (Å²) >= 11 is 0. The Morgan fingerprint density at radius 3 is 2.80 bits per heavy atom. The van der Waals surface area contributed by atoms with E-state index in [1.165, 1.54) is 0 Å². The summed E-state index contributed by atoms with van der Waals surface area (Å²) < 4.78 is 11.5. The number of aryl methyl sites for hydroxylation is 2. The van der Waals surface area contributed by atoms with Gasteiger partial charge in [0.2, 0.25) is 0 Å². The number of ether oxygens (including phenoxy) is 1. The van der Waals surface area contributed by atoms with Gasteiger partial charge in [-0.2, -0.15) is 0 Å². The normalized spacial score (nSPS) is 17.7. The van der Waals surface area contributed by atoms with Crippen LogP contribution in [0.4, 0.5) is 5.82 Å². The first kappa shape index (κ1) is 15.8. The van der Waals surface area contributed by atoms with Crippen molar-refractivity contribution in [3.8, 4) is 11.5 Å². The zero-order valence-electron chi connectivity index (χ0n) is 14.3. The van der Waals surface area contributed by atoms with Gasteiger partial charge < -0.3 is 14.1 Å². The molecule has 0 radical (unpaired) electrons. The molecule has 6 heteroatoms. The van der Waals surface area contributed by atoms with Crippen molar-refractivity contribution in [3.05, 3.63) is 59.8 Å². The molecule has 0 aliphatic carbocycles. The van der Waals surface area contributed by atoms with Crippen LogP contribution in [0.5, 0.6) is 0 Å². The second-order valence-corrected chi connectivity index (χ2v) is 6.14. The molecule has 4 heterocycles. The number of aromatic nitrogens is 3. The molecule has 0 bridgehead atoms. The molecule has 1 aliphatic heterocycles. The minimum atomic E-state index is 0.00772. The summed E-state index contributed by atoms with van der Waals surface area (Å²) in [7, 11) is 0. The standard InChI is InChI=1S/C19H20N4O2/c1-13-11-18(22-19(21-13)15-5-3-4-8-20-15)23-9-10-24-12-16(23)17-7-6-14(2)25-17/h3-8,11,16H,9-10,12H2,1-2H3. The fourth-order valence-electron chi connectivity index (χ4n) is 3.05. The average molecular weight is 336 g/mol. The summed E-state index contributed by atoms with van der Waals surface area (Å²) in [6.07, 6.45) is 1.75. The van der Waals surface area contributed by atoms with Crippen LogP contribution in [0.1, 0.15) is 23.3 Å². The lowest BCUT2D eigenvalue weighted by atomic mass is 10.1. The summed E-state index contributed by atoms with van der Waals surface area (Å²) in [6.45, 7) is 5.92. The van der Waals surface area contributed by atoms with Crippen molar-refractivity contribution in [1.29, 1.82) is 0 Å². The van der Waals surface area contributed by atoms with E-state index in [1.54, 1.807) is 6.20 Å². The number of rotatable bonds is 3. The molecule has 1 unspecified atom stereocenters. The van der Waals surface area contributed by atoms with Crippen LogP contribution < -0.4 is 4.90 Å². The first-order chi connectivity index (χ1) is 12.2. The Morgan fingerprint density at radius 1 is 1.12 bits per heavy atom. The number of hydrogen-bond acceptors (Lipinski definition) is 6. The van der Waals surface area contributed by atoms with Gasteiger partial charge in [0, 0.05) is 24.5 Å². The summed E-state index contributed by atoms with van der Waals surface area (Å²) in [5, 5.41) is 0. The SMILES string of the molecule is Cc1cc(N2CCOCC2c2ccc(C)o2)nc(-c2ccccn2)n1. The highest BCUT2D eigenvalue weighted by Crippen LogP contribution is 2.31. The molecule has 0 spiro atoms. The maximum absolute atomic E-state index is 5.84. The zero-order chi connectivity index (χ0) is 17.2. The molecule has 0 aromatic carbocycles. The molecule has 0 N–H and O–H groups in total. The fourth-order valence-corrected chi connectivity index (χ4v) is 3.05. The van der Waals surface area contributed by atoms with E-state index in [0.29, 0.717) is 19.0 Å². The van der Waals surface area contributed by atoms with Crippen LogP contribution in [0.25, 0.3) is 11.5 Å². The van der Waals surface area contributed by atoms with Crippen molar-refractivity contribution < 1.29 is 9.15 Å². The Hall–Kier alpha value is -2.73. The molecular weight excluding hydrogens is 316 g/mol. The van der Waals surface area contributed by atoms with Crippen molar-refractivity contribution >= 4 is 5.82 Å². The van der Waals surface area contributed by atoms with E-state index in [1.807, 2.05) is 50.2 Å². The second-order valence-electron chi connectivity index (χ2n) is 6.14. The van der Waals surface area contributed by atoms with E-state index in [4.69, 9.17) is 14.1 Å². The quantitative estimate of drug-likeness (QED) is 0.731. The third kappa shape index (κ3) is 3.25. The molecular formula is C19H20N4O2. The van der Waals surface area contributed by atoms with Gasteiger partial charge in [0.05, 0.1) is 13.2 Å². The molecule has 4 rings (SSSR count). The lowest BCUT2D eigenvalue weighted by molar-refractivity contribution is 0.0870. The highest BCUT2D eigenvalue weighted by Gasteiger charge is 2.28. The van der Waals surface area contributed by atoms with Crippen LogP contribution in [0.2, 0.25) is 0 Å². The average Bonchev–Trinajstić information content (AvgIpc) is 3.08. The largest absolute Gasteiger partial charge is 0.464 e. The van der Waals surface area contributed by atoms with E-state index in [-0.39, 0.29) is 6.04 Å². The molecule has 1 atom stereocenters. The molecule has 6 nitrogen and oxygen atoms in total. The number of anilines is 1. The minimum Gasteiger partial charge on any atom is -0.464 e. The van der Waals surface area contributed by atoms with Crippen LogP contribution in [0.3, 0.4) is 0 Å². The Morgan fingerprint density at radius 2 is 2.04 bits per heavy atom. The van der Waals surface area contributed by atoms with E-state index in [0.717, 1.165) is 35.3 Å². The number of hydrogen-bond donors (Lipinski definition) is 0. The number of furan rings is 1. The van der Waals surface area contributed by atoms with E-state index in [2.05, 4.69) is 14.9 Å². The van der Waals surface area contributed by atoms with Gasteiger partial charge in [-0.05, 0) is 38.1 Å². The minimum absolute atomic E-state index is 0.00772. The first-order valence-electron chi connectivity index (χ1n) is 8.38. The van der Waals surface area contributed by atoms with Gasteiger partial charge in [-0.1, -0.05) is 6.07 Å². The molecule has 3 aromatic rings. The van der Waals surface area contributed by atoms with Crippen LogP contribution in [-0.2, 0) is 4.74 Å². The van der Waals surface area contributed by atoms with Crippen LogP contribution >= 0.6 is 0 Å². The third-order valence-corrected chi connectivity index (χ3v) is 4.25. The van der Waals surface area contributed by atoms with Crippen molar-refractivity contribution in [2.45, 2.75) is 19.9 Å². The molecule has 3 aromatic heterocycles.